The van der Waals surface area contributed by atoms with Crippen LogP contribution in [0.15, 0.2) is 12.7 Å². The van der Waals surface area contributed by atoms with Gasteiger partial charge < -0.3 is 84.3 Å². The van der Waals surface area contributed by atoms with Crippen molar-refractivity contribution in [1.29, 1.82) is 0 Å². The average molecular weight is 1360 g/mol. The van der Waals surface area contributed by atoms with Gasteiger partial charge in [0.25, 0.3) is 15.6 Å². The third-order valence-corrected chi connectivity index (χ3v) is 14.8. The number of nitrogen functional groups attached to an aromatic ring is 1. The molecule has 2 aromatic heterocycles. The van der Waals surface area contributed by atoms with Crippen LogP contribution in [0.25, 0.3) is 11.2 Å². The molecule has 9 N–H and O–H groups in total. The summed E-state index contributed by atoms with van der Waals surface area (Å²) in [7, 11) is 16.3. The van der Waals surface area contributed by atoms with Gasteiger partial charge in [-0.2, -0.15) is 0 Å². The number of amides is 2. The molecule has 1 fully saturated rings. The van der Waals surface area contributed by atoms with Gasteiger partial charge in [0.2, 0.25) is 11.8 Å². The van der Waals surface area contributed by atoms with E-state index in [0.717, 1.165) is 94.5 Å². The van der Waals surface area contributed by atoms with Gasteiger partial charge in [-0.25, -0.2) is 19.3 Å². The SMILES string of the molecule is C#CCCCCC(=O)O.C#CCCCCC(=O)SCCNC(=O)CCNC(=O)C(O)C(C)(C)COP(=O)([O-])OP(=O)([O-])OCC1OC(C)(n2cnc3c(N)ncnc32)C(O)C1OP(=O)([O-])[O-].C#CCCCCCO.CCCC#CCCO.[B].[B]B([B])[B].[B][B][B].[B][B][B]. The van der Waals surface area contributed by atoms with Crippen LogP contribution in [0.5, 0.6) is 0 Å². The summed E-state index contributed by atoms with van der Waals surface area (Å²) in [6, 6.07) is 0. The summed E-state index contributed by atoms with van der Waals surface area (Å²) in [4.78, 5) is 106. The van der Waals surface area contributed by atoms with Crippen LogP contribution in [-0.2, 0) is 61.2 Å². The molecule has 7 atom stereocenters. The fourth-order valence-corrected chi connectivity index (χ4v) is 9.98. The molecule has 28 nitrogen and oxygen atoms in total. The number of ether oxygens (including phenoxy) is 1. The highest BCUT2D eigenvalue weighted by Gasteiger charge is 2.55. The van der Waals surface area contributed by atoms with E-state index in [-0.39, 0.29) is 63.0 Å². The number of hydrogen-bond acceptors (Lipinski definition) is 25. The Morgan fingerprint density at radius 2 is 1.37 bits per heavy atom. The number of nitrogens with two attached hydrogens (primary N) is 1. The number of carbonyl (C=O) groups is 4. The van der Waals surface area contributed by atoms with Gasteiger partial charge in [0.05, 0.1) is 34.0 Å². The molecule has 0 aliphatic carbocycles. The molecular formula is C50H76B11N7O21P3S-4. The maximum atomic E-state index is 12.6. The number of fused-ring (bicyclic) bond motifs is 1. The second-order valence-corrected chi connectivity index (χ2v) is 24.5. The number of hydrogen-bond donors (Lipinski definition) is 8. The van der Waals surface area contributed by atoms with Crippen molar-refractivity contribution >= 4 is 158 Å². The minimum atomic E-state index is -5.94. The smallest absolute Gasteiger partial charge is 0.303 e. The summed E-state index contributed by atoms with van der Waals surface area (Å²) in [5, 5.41) is 51.2. The van der Waals surface area contributed by atoms with Crippen molar-refractivity contribution in [2.75, 3.05) is 51.0 Å². The minimum Gasteiger partial charge on any atom is -0.790 e. The number of aliphatic hydroxyl groups excluding tert-OH is 4. The zero-order valence-electron chi connectivity index (χ0n) is 52.7. The maximum absolute atomic E-state index is 12.6. The van der Waals surface area contributed by atoms with Crippen LogP contribution in [0.1, 0.15) is 130 Å². The molecule has 495 valence electrons. The number of imidazole rings is 1. The molecule has 1 saturated heterocycles. The number of carbonyl (C=O) groups excluding carboxylic acids is 3. The molecule has 0 saturated carbocycles. The van der Waals surface area contributed by atoms with Crippen molar-refractivity contribution in [3.8, 4) is 48.9 Å². The lowest BCUT2D eigenvalue weighted by atomic mass is 9.08. The van der Waals surface area contributed by atoms with Crippen LogP contribution in [0, 0.1) is 54.3 Å². The van der Waals surface area contributed by atoms with Crippen molar-refractivity contribution in [3.63, 3.8) is 0 Å². The molecule has 2 amide bonds. The molecule has 1 aliphatic rings. The Kier molecular flexibility index (Phi) is 59.8. The molecular weight excluding hydrogens is 1280 g/mol. The number of carboxylic acids is 1. The second kappa shape index (κ2) is 57.0. The Morgan fingerprint density at radius 1 is 0.839 bits per heavy atom. The second-order valence-electron chi connectivity index (χ2n) is 19.3. The van der Waals surface area contributed by atoms with Crippen molar-refractivity contribution in [1.82, 2.24) is 30.2 Å². The van der Waals surface area contributed by atoms with Crippen LogP contribution in [0.4, 0.5) is 5.82 Å². The fraction of sp³-hybridized carbons (Fsp3) is 0.660. The number of terminal acetylenes is 3. The van der Waals surface area contributed by atoms with E-state index in [1.54, 1.807) is 0 Å². The number of rotatable bonds is 33. The lowest BCUT2D eigenvalue weighted by molar-refractivity contribution is -0.347. The van der Waals surface area contributed by atoms with E-state index < -0.39 is 96.4 Å². The van der Waals surface area contributed by atoms with E-state index in [4.69, 9.17) is 45.1 Å². The maximum Gasteiger partial charge on any atom is 0.303 e. The first-order chi connectivity index (χ1) is 43.1. The van der Waals surface area contributed by atoms with E-state index in [1.807, 2.05) is 0 Å². The van der Waals surface area contributed by atoms with E-state index in [9.17, 15) is 62.7 Å². The third kappa shape index (κ3) is 50.9. The Labute approximate surface area is 564 Å². The molecule has 43 heteroatoms. The quantitative estimate of drug-likeness (QED) is 0.0152. The number of phosphoric ester groups is 3. The van der Waals surface area contributed by atoms with E-state index >= 15 is 0 Å². The zero-order valence-corrected chi connectivity index (χ0v) is 56.2. The number of carboxylic acid groups (broad SMARTS) is 1. The minimum absolute atomic E-state index is 0. The highest BCUT2D eigenvalue weighted by atomic mass is 32.2. The normalized spacial score (nSPS) is 16.6. The first-order valence-electron chi connectivity index (χ1n) is 28.1. The molecule has 19 radical (unpaired) electrons. The predicted molar refractivity (Wildman–Crippen MR) is 357 cm³/mol. The summed E-state index contributed by atoms with van der Waals surface area (Å²) >= 11 is 1.06. The Morgan fingerprint density at radius 3 is 1.87 bits per heavy atom. The summed E-state index contributed by atoms with van der Waals surface area (Å²) < 4.78 is 61.0. The summed E-state index contributed by atoms with van der Waals surface area (Å²) in [6.45, 7) is 3.81. The Balaban J connectivity index is -0.000000580. The van der Waals surface area contributed by atoms with Gasteiger partial charge in [0, 0.05) is 165 Å². The lowest BCUT2D eigenvalue weighted by Crippen LogP contribution is -2.46. The number of nitrogens with zero attached hydrogens (tertiary/aromatic N) is 4. The largest absolute Gasteiger partial charge is 0.790 e. The third-order valence-electron chi connectivity index (χ3n) is 10.9. The van der Waals surface area contributed by atoms with Crippen molar-refractivity contribution in [2.45, 2.75) is 161 Å². The predicted octanol–water partition coefficient (Wildman–Crippen LogP) is -3.08. The number of aliphatic carboxylic acids is 1. The molecule has 7 unspecified atom stereocenters. The van der Waals surface area contributed by atoms with Crippen molar-refractivity contribution in [3.05, 3.63) is 12.7 Å². The summed E-state index contributed by atoms with van der Waals surface area (Å²) in [5.41, 5.74) is 2.01. The molecule has 2 aromatic rings. The highest BCUT2D eigenvalue weighted by Crippen LogP contribution is 2.57. The Hall–Kier alpha value is -4.10. The Bertz CT molecular complexity index is 2730. The molecule has 93 heavy (non-hydrogen) atoms. The number of phosphoric acid groups is 3. The van der Waals surface area contributed by atoms with Gasteiger partial charge in [-0.1, -0.05) is 39.0 Å². The van der Waals surface area contributed by atoms with E-state index in [2.05, 4.69) is 134 Å². The molecule has 0 spiro atoms. The van der Waals surface area contributed by atoms with Gasteiger partial charge in [-0.05, 0) is 51.9 Å². The molecule has 0 aromatic carbocycles. The average Bonchev–Trinajstić information content (AvgIpc) is 1.60. The first kappa shape index (κ1) is 97.6. The van der Waals surface area contributed by atoms with E-state index in [0.29, 0.717) is 50.9 Å². The number of thioether (sulfide) groups is 1. The van der Waals surface area contributed by atoms with Crippen LogP contribution in [-0.4, -0.2) is 221 Å². The van der Waals surface area contributed by atoms with Crippen molar-refractivity contribution in [2.24, 2.45) is 5.41 Å². The number of anilines is 1. The number of aliphatic hydroxyl groups is 4. The van der Waals surface area contributed by atoms with Crippen LogP contribution in [0.3, 0.4) is 0 Å². The van der Waals surface area contributed by atoms with Crippen LogP contribution < -0.4 is 35.9 Å². The van der Waals surface area contributed by atoms with Crippen LogP contribution >= 0.6 is 35.2 Å². The van der Waals surface area contributed by atoms with Gasteiger partial charge >= 0.3 is 5.97 Å². The monoisotopic (exact) mass is 1360 g/mol. The molecule has 1 aliphatic heterocycles. The lowest BCUT2D eigenvalue weighted by Gasteiger charge is -2.36. The highest BCUT2D eigenvalue weighted by molar-refractivity contribution is 8.13. The van der Waals surface area contributed by atoms with Crippen molar-refractivity contribution < 1.29 is 101 Å². The van der Waals surface area contributed by atoms with E-state index in [1.165, 1.54) is 20.8 Å². The van der Waals surface area contributed by atoms with Gasteiger partial charge in [-0.15, -0.1) is 48.9 Å². The molecule has 0 bridgehead atoms. The van der Waals surface area contributed by atoms with Gasteiger partial charge in [0.15, 0.2) is 22.3 Å². The van der Waals surface area contributed by atoms with Crippen LogP contribution in [0.2, 0.25) is 0 Å². The number of unbranched alkanes of at least 4 members (excludes halogenated alkanes) is 8. The first-order valence-corrected chi connectivity index (χ1v) is 33.4. The molecule has 3 heterocycles. The number of aromatic nitrogens is 4. The van der Waals surface area contributed by atoms with Gasteiger partial charge in [-0.3, -0.25) is 32.9 Å². The summed E-state index contributed by atoms with van der Waals surface area (Å²) in [6.07, 6.45) is 19.7. The fourth-order valence-electron chi connectivity index (χ4n) is 6.53. The standard InChI is InChI=1S/C29H46N7O17P3S.C7H10O2.2C7H12O.B4.2B3.B/c1-5-6-7-8-9-20(38)57-13-12-31-19(37)10-11-32-27(41)24(40)28(2,3)15-50-56(47,48)53-55(45,46)49-14-18-22(52-54(42,43)44)23(39)29(4,51-18)36-17-35-21-25(30)33-16-34-26(21)36;1-2-3-4-5-6-7(8)9;2*1-2-3-4-5-6-7-8;1-4(2)3;2*1-3-2;/h1,16-18,22-24,39-40H,6-15H2,2-4H3,(H,31,37)(H,32,41)(H,45,46)(H,47,48)(H2,30,33,34)(H2,42,43,44);1H,3-6H2,(H,8,9);8H,2-3,6-7H2,1H3;1,8H,3-7H2;;;;/p-4. The topological polar surface area (TPSA) is 453 Å². The number of nitrogens with one attached hydrogen (secondary N) is 2. The zero-order chi connectivity index (χ0) is 71.4. The summed E-state index contributed by atoms with van der Waals surface area (Å²) in [5.74, 6) is 11.3. The van der Waals surface area contributed by atoms with Gasteiger partial charge in [0.1, 0.15) is 36.3 Å². The molecule has 3 rings (SSSR count).